The Bertz CT molecular complexity index is 217. The molecule has 0 aliphatic carbocycles. The van der Waals surface area contributed by atoms with Crippen LogP contribution in [0.5, 0.6) is 0 Å². The maximum absolute atomic E-state index is 8.26. The average Bonchev–Trinajstić information content (AvgIpc) is 2.65. The number of hydrogen-bond acceptors (Lipinski definition) is 2. The molecule has 0 aromatic heterocycles. The lowest BCUT2D eigenvalue weighted by molar-refractivity contribution is 0.135. The van der Waals surface area contributed by atoms with Gasteiger partial charge in [0.2, 0.25) is 0 Å². The molecule has 0 aromatic rings. The Morgan fingerprint density at radius 1 is 0.560 bits per heavy atom. The van der Waals surface area contributed by atoms with Gasteiger partial charge in [-0.15, -0.1) is 0 Å². The van der Waals surface area contributed by atoms with Gasteiger partial charge in [-0.05, 0) is 6.42 Å². The van der Waals surface area contributed by atoms with Gasteiger partial charge in [0.05, 0.1) is 19.1 Å². The quantitative estimate of drug-likeness (QED) is 0.260. The molecule has 0 saturated heterocycles. The third kappa shape index (κ3) is 39.9. The number of nitrogens with zero attached hydrogens (tertiary/aromatic N) is 1. The Morgan fingerprint density at radius 3 is 1.28 bits per heavy atom. The molecule has 0 spiro atoms. The minimum Gasteiger partial charge on any atom is -0.380 e. The largest absolute Gasteiger partial charge is 0.380 e. The highest BCUT2D eigenvalue weighted by molar-refractivity contribution is 4.66. The van der Waals surface area contributed by atoms with Crippen LogP contribution in [0.2, 0.25) is 0 Å². The molecule has 0 heterocycles. The van der Waals surface area contributed by atoms with Gasteiger partial charge in [-0.25, -0.2) is 0 Å². The Hall–Kier alpha value is -0.550. The second kappa shape index (κ2) is 34.7. The lowest BCUT2D eigenvalue weighted by atomic mass is 10.1. The van der Waals surface area contributed by atoms with E-state index in [9.17, 15) is 0 Å². The second-order valence-electron chi connectivity index (χ2n) is 6.41. The first kappa shape index (κ1) is 29.2. The van der Waals surface area contributed by atoms with Crippen molar-refractivity contribution in [3.05, 3.63) is 0 Å². The van der Waals surface area contributed by atoms with Crippen LogP contribution >= 0.6 is 0 Å². The van der Waals surface area contributed by atoms with Crippen molar-refractivity contribution in [3.63, 3.8) is 0 Å². The van der Waals surface area contributed by atoms with Crippen LogP contribution in [0, 0.1) is 11.3 Å². The van der Waals surface area contributed by atoms with E-state index in [1.807, 2.05) is 13.8 Å². The summed E-state index contributed by atoms with van der Waals surface area (Å²) in [5, 5.41) is 8.26. The van der Waals surface area contributed by atoms with Crippen molar-refractivity contribution in [2.24, 2.45) is 0 Å². The molecular weight excluding hydrogens is 306 g/mol. The maximum atomic E-state index is 8.26. The zero-order valence-corrected chi connectivity index (χ0v) is 18.4. The second-order valence-corrected chi connectivity index (χ2v) is 6.41. The number of rotatable bonds is 16. The summed E-state index contributed by atoms with van der Waals surface area (Å²) >= 11 is 0. The van der Waals surface area contributed by atoms with Gasteiger partial charge in [-0.2, -0.15) is 5.26 Å². The zero-order chi connectivity index (χ0) is 19.4. The molecule has 0 radical (unpaired) electrons. The van der Waals surface area contributed by atoms with Gasteiger partial charge in [0.1, 0.15) is 0 Å². The van der Waals surface area contributed by atoms with Gasteiger partial charge >= 0.3 is 0 Å². The van der Waals surface area contributed by atoms with Crippen molar-refractivity contribution in [1.82, 2.24) is 0 Å². The van der Waals surface area contributed by atoms with Gasteiger partial charge in [0, 0.05) is 6.61 Å². The highest BCUT2D eigenvalue weighted by atomic mass is 16.5. The van der Waals surface area contributed by atoms with E-state index in [0.717, 1.165) is 13.0 Å². The molecule has 0 amide bonds. The van der Waals surface area contributed by atoms with Gasteiger partial charge in [-0.1, -0.05) is 118 Å². The van der Waals surface area contributed by atoms with E-state index in [2.05, 4.69) is 26.8 Å². The number of nitriles is 1. The Kier molecular flexibility index (Phi) is 40.6. The minimum atomic E-state index is 0.524. The van der Waals surface area contributed by atoms with Gasteiger partial charge in [0.15, 0.2) is 0 Å². The summed E-state index contributed by atoms with van der Waals surface area (Å²) in [6.45, 7) is 12.2. The first-order valence-corrected chi connectivity index (χ1v) is 11.3. The molecule has 0 atom stereocenters. The number of ether oxygens (including phenoxy) is 1. The summed E-state index contributed by atoms with van der Waals surface area (Å²) in [6.07, 6.45) is 19.7. The van der Waals surface area contributed by atoms with Gasteiger partial charge < -0.3 is 4.74 Å². The Balaban J connectivity index is -0.000000380. The van der Waals surface area contributed by atoms with Crippen molar-refractivity contribution < 1.29 is 4.74 Å². The molecule has 0 bridgehead atoms. The topological polar surface area (TPSA) is 33.0 Å². The average molecular weight is 356 g/mol. The Labute approximate surface area is 160 Å². The fourth-order valence-electron chi connectivity index (χ4n) is 2.41. The molecule has 0 fully saturated rings. The fraction of sp³-hybridized carbons (Fsp3) is 0.957. The molecule has 0 N–H and O–H groups in total. The van der Waals surface area contributed by atoms with Crippen LogP contribution in [0.4, 0.5) is 0 Å². The lowest BCUT2D eigenvalue weighted by Gasteiger charge is -2.01. The summed E-state index contributed by atoms with van der Waals surface area (Å²) < 4.78 is 5.28. The third-order valence-electron chi connectivity index (χ3n) is 3.96. The SMILES string of the molecule is CC.CCCCCCCCC.CCCCCCCCCOCCC#N. The first-order valence-electron chi connectivity index (χ1n) is 11.3. The molecule has 0 aromatic carbocycles. The summed E-state index contributed by atoms with van der Waals surface area (Å²) in [5.74, 6) is 0. The summed E-state index contributed by atoms with van der Waals surface area (Å²) in [4.78, 5) is 0. The van der Waals surface area contributed by atoms with E-state index in [-0.39, 0.29) is 0 Å². The van der Waals surface area contributed by atoms with Crippen molar-refractivity contribution in [2.45, 2.75) is 131 Å². The molecule has 0 saturated carbocycles. The molecule has 0 unspecified atom stereocenters. The maximum Gasteiger partial charge on any atom is 0.0645 e. The molecule has 152 valence electrons. The van der Waals surface area contributed by atoms with E-state index in [1.54, 1.807) is 0 Å². The van der Waals surface area contributed by atoms with Crippen LogP contribution in [-0.4, -0.2) is 13.2 Å². The van der Waals surface area contributed by atoms with Crippen LogP contribution in [-0.2, 0) is 4.74 Å². The predicted octanol–water partition coefficient (Wildman–Crippen LogP) is 8.45. The van der Waals surface area contributed by atoms with Crippen molar-refractivity contribution >= 4 is 0 Å². The van der Waals surface area contributed by atoms with Crippen LogP contribution in [0.1, 0.15) is 131 Å². The van der Waals surface area contributed by atoms with E-state index >= 15 is 0 Å². The third-order valence-corrected chi connectivity index (χ3v) is 3.96. The van der Waals surface area contributed by atoms with Crippen molar-refractivity contribution in [1.29, 1.82) is 5.26 Å². The Morgan fingerprint density at radius 2 is 0.920 bits per heavy atom. The van der Waals surface area contributed by atoms with Crippen LogP contribution in [0.25, 0.3) is 0 Å². The molecule has 0 aliphatic heterocycles. The van der Waals surface area contributed by atoms with E-state index < -0.39 is 0 Å². The molecule has 0 rings (SSSR count). The summed E-state index contributed by atoms with van der Waals surface area (Å²) in [5.41, 5.74) is 0. The van der Waals surface area contributed by atoms with Crippen molar-refractivity contribution in [3.8, 4) is 6.07 Å². The van der Waals surface area contributed by atoms with E-state index in [4.69, 9.17) is 10.00 Å². The van der Waals surface area contributed by atoms with Crippen LogP contribution in [0.3, 0.4) is 0 Å². The van der Waals surface area contributed by atoms with Crippen LogP contribution < -0.4 is 0 Å². The smallest absolute Gasteiger partial charge is 0.0645 e. The normalized spacial score (nSPS) is 9.44. The monoisotopic (exact) mass is 355 g/mol. The molecule has 0 aliphatic rings. The van der Waals surface area contributed by atoms with Crippen LogP contribution in [0.15, 0.2) is 0 Å². The van der Waals surface area contributed by atoms with E-state index in [1.165, 1.54) is 83.5 Å². The number of hydrogen-bond donors (Lipinski definition) is 0. The molecule has 2 heteroatoms. The first-order chi connectivity index (χ1) is 12.3. The van der Waals surface area contributed by atoms with Crippen molar-refractivity contribution in [2.75, 3.05) is 13.2 Å². The standard InChI is InChI=1S/C12H23NO.C9H20.C2H6/c1-2-3-4-5-6-7-8-11-14-12-9-10-13;1-3-5-7-9-8-6-4-2;1-2/h2-9,11-12H2,1H3;3-9H2,1-2H3;1-2H3. The van der Waals surface area contributed by atoms with Gasteiger partial charge in [0.25, 0.3) is 0 Å². The summed E-state index contributed by atoms with van der Waals surface area (Å²) in [7, 11) is 0. The molecule has 2 nitrogen and oxygen atoms in total. The molecular formula is C23H49NO. The highest BCUT2D eigenvalue weighted by Crippen LogP contribution is 2.07. The fourth-order valence-corrected chi connectivity index (χ4v) is 2.41. The molecule has 25 heavy (non-hydrogen) atoms. The summed E-state index contributed by atoms with van der Waals surface area (Å²) in [6, 6.07) is 2.07. The predicted molar refractivity (Wildman–Crippen MR) is 114 cm³/mol. The van der Waals surface area contributed by atoms with E-state index in [0.29, 0.717) is 13.0 Å². The highest BCUT2D eigenvalue weighted by Gasteiger charge is 1.91. The number of unbranched alkanes of at least 4 members (excludes halogenated alkanes) is 12. The minimum absolute atomic E-state index is 0.524. The lowest BCUT2D eigenvalue weighted by Crippen LogP contribution is -1.95. The zero-order valence-electron chi connectivity index (χ0n) is 18.4. The van der Waals surface area contributed by atoms with Gasteiger partial charge in [-0.3, -0.25) is 0 Å².